The molecular formula is C11H14Cl3FN2O2S. The third kappa shape index (κ3) is 3.55. The first-order valence-corrected chi connectivity index (χ1v) is 7.98. The lowest BCUT2D eigenvalue weighted by atomic mass is 10.3. The second-order valence-electron chi connectivity index (χ2n) is 4.18. The van der Waals surface area contributed by atoms with Crippen LogP contribution in [0, 0.1) is 5.82 Å². The minimum absolute atomic E-state index is 0. The molecule has 9 heteroatoms. The maximum Gasteiger partial charge on any atom is 0.244 e. The minimum atomic E-state index is -3.79. The van der Waals surface area contributed by atoms with Gasteiger partial charge in [-0.25, -0.2) is 12.8 Å². The van der Waals surface area contributed by atoms with Crippen molar-refractivity contribution in [2.75, 3.05) is 26.2 Å². The Morgan fingerprint density at radius 2 is 1.90 bits per heavy atom. The molecule has 20 heavy (non-hydrogen) atoms. The molecule has 0 radical (unpaired) electrons. The molecule has 2 rings (SSSR count). The molecule has 0 saturated carbocycles. The number of nitrogens with one attached hydrogen (secondary N) is 1. The highest BCUT2D eigenvalue weighted by atomic mass is 35.5. The SMILES string of the molecule is Cl.O=S(=O)(c1ccc(Cl)c(F)c1Cl)N1CCCNCC1. The monoisotopic (exact) mass is 362 g/mol. The van der Waals surface area contributed by atoms with Crippen molar-refractivity contribution in [3.63, 3.8) is 0 Å². The number of halogens is 4. The first-order valence-electron chi connectivity index (χ1n) is 5.79. The van der Waals surface area contributed by atoms with Crippen molar-refractivity contribution in [1.29, 1.82) is 0 Å². The van der Waals surface area contributed by atoms with Gasteiger partial charge in [0.05, 0.1) is 10.0 Å². The number of benzene rings is 1. The highest BCUT2D eigenvalue weighted by Crippen LogP contribution is 2.31. The Bertz CT molecular complexity index is 575. The van der Waals surface area contributed by atoms with Crippen molar-refractivity contribution in [2.24, 2.45) is 0 Å². The van der Waals surface area contributed by atoms with Crippen LogP contribution in [0.1, 0.15) is 6.42 Å². The van der Waals surface area contributed by atoms with E-state index in [-0.39, 0.29) is 22.3 Å². The summed E-state index contributed by atoms with van der Waals surface area (Å²) in [5.74, 6) is -0.905. The van der Waals surface area contributed by atoms with Crippen molar-refractivity contribution in [2.45, 2.75) is 11.3 Å². The van der Waals surface area contributed by atoms with Gasteiger partial charge in [-0.05, 0) is 25.1 Å². The molecule has 114 valence electrons. The van der Waals surface area contributed by atoms with Gasteiger partial charge in [0.15, 0.2) is 5.82 Å². The molecule has 1 N–H and O–H groups in total. The number of hydrogen-bond donors (Lipinski definition) is 1. The van der Waals surface area contributed by atoms with E-state index in [4.69, 9.17) is 23.2 Å². The van der Waals surface area contributed by atoms with E-state index < -0.39 is 20.9 Å². The summed E-state index contributed by atoms with van der Waals surface area (Å²) >= 11 is 11.3. The standard InChI is InChI=1S/C11H13Cl2FN2O2S.ClH/c12-8-2-3-9(10(13)11(8)14)19(17,18)16-6-1-4-15-5-7-16;/h2-3,15H,1,4-7H2;1H. The van der Waals surface area contributed by atoms with Gasteiger partial charge in [-0.2, -0.15) is 4.31 Å². The average Bonchev–Trinajstić information content (AvgIpc) is 2.65. The molecule has 0 amide bonds. The smallest absolute Gasteiger partial charge is 0.244 e. The van der Waals surface area contributed by atoms with Crippen molar-refractivity contribution in [3.05, 3.63) is 28.0 Å². The lowest BCUT2D eigenvalue weighted by molar-refractivity contribution is 0.431. The van der Waals surface area contributed by atoms with Crippen LogP contribution in [0.5, 0.6) is 0 Å². The first-order chi connectivity index (χ1) is 8.94. The largest absolute Gasteiger partial charge is 0.315 e. The van der Waals surface area contributed by atoms with E-state index in [2.05, 4.69) is 5.32 Å². The van der Waals surface area contributed by atoms with E-state index >= 15 is 0 Å². The molecular weight excluding hydrogens is 350 g/mol. The molecule has 0 aromatic heterocycles. The predicted molar refractivity (Wildman–Crippen MR) is 79.9 cm³/mol. The molecule has 1 saturated heterocycles. The van der Waals surface area contributed by atoms with Gasteiger partial charge in [-0.3, -0.25) is 0 Å². The third-order valence-electron chi connectivity index (χ3n) is 2.92. The van der Waals surface area contributed by atoms with Crippen LogP contribution in [0.25, 0.3) is 0 Å². The minimum Gasteiger partial charge on any atom is -0.315 e. The molecule has 1 fully saturated rings. The summed E-state index contributed by atoms with van der Waals surface area (Å²) in [7, 11) is -3.79. The second-order valence-corrected chi connectivity index (χ2v) is 6.87. The first kappa shape index (κ1) is 17.9. The summed E-state index contributed by atoms with van der Waals surface area (Å²) < 4.78 is 39.8. The van der Waals surface area contributed by atoms with Gasteiger partial charge in [0.2, 0.25) is 10.0 Å². The van der Waals surface area contributed by atoms with Gasteiger partial charge >= 0.3 is 0 Å². The van der Waals surface area contributed by atoms with Crippen LogP contribution in [0.15, 0.2) is 17.0 Å². The van der Waals surface area contributed by atoms with Crippen LogP contribution >= 0.6 is 35.6 Å². The van der Waals surface area contributed by atoms with Crippen molar-refractivity contribution in [1.82, 2.24) is 9.62 Å². The summed E-state index contributed by atoms with van der Waals surface area (Å²) in [5.41, 5.74) is 0. The van der Waals surface area contributed by atoms with Gasteiger partial charge in [0, 0.05) is 19.6 Å². The Morgan fingerprint density at radius 3 is 2.60 bits per heavy atom. The average molecular weight is 364 g/mol. The zero-order chi connectivity index (χ0) is 14.0. The zero-order valence-corrected chi connectivity index (χ0v) is 13.5. The summed E-state index contributed by atoms with van der Waals surface area (Å²) in [6, 6.07) is 2.44. The molecule has 0 atom stereocenters. The Morgan fingerprint density at radius 1 is 1.20 bits per heavy atom. The number of hydrogen-bond acceptors (Lipinski definition) is 3. The van der Waals surface area contributed by atoms with Crippen LogP contribution in [0.2, 0.25) is 10.0 Å². The summed E-state index contributed by atoms with van der Waals surface area (Å²) in [4.78, 5) is -0.238. The fourth-order valence-electron chi connectivity index (χ4n) is 1.91. The molecule has 0 aliphatic carbocycles. The Hall–Kier alpha value is -0.110. The fourth-order valence-corrected chi connectivity index (χ4v) is 4.11. The van der Waals surface area contributed by atoms with Crippen LogP contribution in [0.3, 0.4) is 0 Å². The predicted octanol–water partition coefficient (Wildman–Crippen LogP) is 2.54. The Balaban J connectivity index is 0.00000200. The van der Waals surface area contributed by atoms with E-state index in [1.54, 1.807) is 0 Å². The summed E-state index contributed by atoms with van der Waals surface area (Å²) in [6.07, 6.45) is 0.701. The fraction of sp³-hybridized carbons (Fsp3) is 0.455. The lowest BCUT2D eigenvalue weighted by Crippen LogP contribution is -2.34. The van der Waals surface area contributed by atoms with Crippen LogP contribution in [-0.2, 0) is 10.0 Å². The molecule has 1 aliphatic rings. The van der Waals surface area contributed by atoms with Gasteiger partial charge < -0.3 is 5.32 Å². The highest BCUT2D eigenvalue weighted by Gasteiger charge is 2.29. The maximum absolute atomic E-state index is 13.6. The van der Waals surface area contributed by atoms with Gasteiger partial charge in [0.1, 0.15) is 4.90 Å². The van der Waals surface area contributed by atoms with Crippen LogP contribution in [0.4, 0.5) is 4.39 Å². The molecule has 1 aromatic rings. The Kier molecular flexibility index (Phi) is 6.50. The molecule has 1 aliphatic heterocycles. The van der Waals surface area contributed by atoms with Crippen molar-refractivity contribution >= 4 is 45.6 Å². The molecule has 0 unspecified atom stereocenters. The molecule has 1 aromatic carbocycles. The molecule has 0 spiro atoms. The summed E-state index contributed by atoms with van der Waals surface area (Å²) in [5, 5.41) is 2.45. The van der Waals surface area contributed by atoms with E-state index in [0.29, 0.717) is 26.1 Å². The van der Waals surface area contributed by atoms with E-state index in [9.17, 15) is 12.8 Å². The molecule has 4 nitrogen and oxygen atoms in total. The van der Waals surface area contributed by atoms with E-state index in [0.717, 1.165) is 6.54 Å². The molecule has 1 heterocycles. The normalized spacial score (nSPS) is 17.4. The highest BCUT2D eigenvalue weighted by molar-refractivity contribution is 7.89. The van der Waals surface area contributed by atoms with Gasteiger partial charge in [-0.1, -0.05) is 23.2 Å². The topological polar surface area (TPSA) is 49.4 Å². The van der Waals surface area contributed by atoms with E-state index in [1.807, 2.05) is 0 Å². The van der Waals surface area contributed by atoms with Crippen LogP contribution in [-0.4, -0.2) is 38.9 Å². The zero-order valence-electron chi connectivity index (χ0n) is 10.4. The number of sulfonamides is 1. The van der Waals surface area contributed by atoms with Crippen molar-refractivity contribution < 1.29 is 12.8 Å². The van der Waals surface area contributed by atoms with Crippen LogP contribution < -0.4 is 5.32 Å². The third-order valence-corrected chi connectivity index (χ3v) is 5.63. The van der Waals surface area contributed by atoms with E-state index in [1.165, 1.54) is 16.4 Å². The quantitative estimate of drug-likeness (QED) is 0.822. The Labute approximate surface area is 133 Å². The van der Waals surface area contributed by atoms with Gasteiger partial charge in [0.25, 0.3) is 0 Å². The number of rotatable bonds is 2. The summed E-state index contributed by atoms with van der Waals surface area (Å²) in [6.45, 7) is 2.04. The lowest BCUT2D eigenvalue weighted by Gasteiger charge is -2.20. The number of nitrogens with zero attached hydrogens (tertiary/aromatic N) is 1. The van der Waals surface area contributed by atoms with Gasteiger partial charge in [-0.15, -0.1) is 12.4 Å². The molecule has 0 bridgehead atoms. The maximum atomic E-state index is 13.6. The second kappa shape index (κ2) is 7.24. The van der Waals surface area contributed by atoms with Crippen molar-refractivity contribution in [3.8, 4) is 0 Å².